The summed E-state index contributed by atoms with van der Waals surface area (Å²) in [5.41, 5.74) is 2.83. The molecule has 0 unspecified atom stereocenters. The average Bonchev–Trinajstić information content (AvgIpc) is 2.80. The molecule has 3 aromatic rings. The second-order valence-corrected chi connectivity index (χ2v) is 7.13. The van der Waals surface area contributed by atoms with Gasteiger partial charge >= 0.3 is 0 Å². The summed E-state index contributed by atoms with van der Waals surface area (Å²) >= 11 is 0. The molecule has 1 atom stereocenters. The summed E-state index contributed by atoms with van der Waals surface area (Å²) in [6.07, 6.45) is 2.39. The SMILES string of the molecule is O=C(N[C@H](Cc1ccccc1)c1ccccc1)c1ccc(N2CCOCC2)nc1. The Kier molecular flexibility index (Phi) is 6.17. The summed E-state index contributed by atoms with van der Waals surface area (Å²) in [7, 11) is 0. The molecule has 5 heteroatoms. The molecule has 1 aliphatic rings. The van der Waals surface area contributed by atoms with Crippen LogP contribution in [-0.4, -0.2) is 37.2 Å². The van der Waals surface area contributed by atoms with Crippen LogP contribution in [0, 0.1) is 0 Å². The summed E-state index contributed by atoms with van der Waals surface area (Å²) < 4.78 is 5.38. The van der Waals surface area contributed by atoms with Crippen LogP contribution in [0.25, 0.3) is 0 Å². The van der Waals surface area contributed by atoms with E-state index in [4.69, 9.17) is 4.74 Å². The molecule has 0 bridgehead atoms. The number of ether oxygens (including phenoxy) is 1. The van der Waals surface area contributed by atoms with E-state index in [1.54, 1.807) is 6.20 Å². The van der Waals surface area contributed by atoms with Crippen LogP contribution in [0.4, 0.5) is 5.82 Å². The van der Waals surface area contributed by atoms with E-state index in [-0.39, 0.29) is 11.9 Å². The van der Waals surface area contributed by atoms with Crippen molar-refractivity contribution in [1.82, 2.24) is 10.3 Å². The first-order chi connectivity index (χ1) is 14.3. The molecule has 2 heterocycles. The fourth-order valence-corrected chi connectivity index (χ4v) is 3.53. The van der Waals surface area contributed by atoms with Gasteiger partial charge in [0.25, 0.3) is 5.91 Å². The molecule has 1 aliphatic heterocycles. The van der Waals surface area contributed by atoms with Crippen LogP contribution >= 0.6 is 0 Å². The van der Waals surface area contributed by atoms with Crippen molar-refractivity contribution in [3.63, 3.8) is 0 Å². The minimum absolute atomic E-state index is 0.106. The Bertz CT molecular complexity index is 908. The fraction of sp³-hybridized carbons (Fsp3) is 0.250. The van der Waals surface area contributed by atoms with E-state index in [0.29, 0.717) is 18.8 Å². The molecule has 148 valence electrons. The van der Waals surface area contributed by atoms with Crippen LogP contribution in [0.15, 0.2) is 79.0 Å². The van der Waals surface area contributed by atoms with Crippen molar-refractivity contribution in [3.05, 3.63) is 95.7 Å². The lowest BCUT2D eigenvalue weighted by Crippen LogP contribution is -2.36. The van der Waals surface area contributed by atoms with Gasteiger partial charge in [0.05, 0.1) is 24.8 Å². The lowest BCUT2D eigenvalue weighted by molar-refractivity contribution is 0.0936. The lowest BCUT2D eigenvalue weighted by Gasteiger charge is -2.27. The summed E-state index contributed by atoms with van der Waals surface area (Å²) in [6, 6.07) is 23.9. The molecule has 0 spiro atoms. The van der Waals surface area contributed by atoms with Crippen LogP contribution in [0.5, 0.6) is 0 Å². The van der Waals surface area contributed by atoms with Crippen molar-refractivity contribution in [2.24, 2.45) is 0 Å². The van der Waals surface area contributed by atoms with Crippen molar-refractivity contribution < 1.29 is 9.53 Å². The van der Waals surface area contributed by atoms with Gasteiger partial charge < -0.3 is 15.0 Å². The maximum atomic E-state index is 12.9. The maximum absolute atomic E-state index is 12.9. The normalized spacial score (nSPS) is 15.0. The highest BCUT2D eigenvalue weighted by Gasteiger charge is 2.18. The molecular weight excluding hydrogens is 362 g/mol. The monoisotopic (exact) mass is 387 g/mol. The Balaban J connectivity index is 1.48. The van der Waals surface area contributed by atoms with Crippen molar-refractivity contribution >= 4 is 11.7 Å². The van der Waals surface area contributed by atoms with Gasteiger partial charge in [-0.1, -0.05) is 60.7 Å². The van der Waals surface area contributed by atoms with Crippen LogP contribution in [0.2, 0.25) is 0 Å². The van der Waals surface area contributed by atoms with Gasteiger partial charge in [0.15, 0.2) is 0 Å². The number of amides is 1. The number of hydrogen-bond acceptors (Lipinski definition) is 4. The van der Waals surface area contributed by atoms with Crippen molar-refractivity contribution in [2.75, 3.05) is 31.2 Å². The number of carbonyl (C=O) groups excluding carboxylic acids is 1. The van der Waals surface area contributed by atoms with Crippen LogP contribution < -0.4 is 10.2 Å². The van der Waals surface area contributed by atoms with Gasteiger partial charge in [-0.3, -0.25) is 4.79 Å². The zero-order chi connectivity index (χ0) is 19.9. The third kappa shape index (κ3) is 5.00. The molecule has 1 fully saturated rings. The fourth-order valence-electron chi connectivity index (χ4n) is 3.53. The van der Waals surface area contributed by atoms with Crippen LogP contribution in [0.1, 0.15) is 27.5 Å². The van der Waals surface area contributed by atoms with Gasteiger partial charge in [0, 0.05) is 19.3 Å². The number of rotatable bonds is 6. The molecule has 29 heavy (non-hydrogen) atoms. The quantitative estimate of drug-likeness (QED) is 0.702. The van der Waals surface area contributed by atoms with Gasteiger partial charge in [0.1, 0.15) is 5.82 Å². The van der Waals surface area contributed by atoms with E-state index in [1.165, 1.54) is 5.56 Å². The Labute approximate surface area is 171 Å². The topological polar surface area (TPSA) is 54.5 Å². The molecule has 2 aromatic carbocycles. The zero-order valence-corrected chi connectivity index (χ0v) is 16.3. The molecule has 5 nitrogen and oxygen atoms in total. The van der Waals surface area contributed by atoms with Gasteiger partial charge in [-0.2, -0.15) is 0 Å². The zero-order valence-electron chi connectivity index (χ0n) is 16.3. The largest absolute Gasteiger partial charge is 0.378 e. The number of pyridine rings is 1. The number of nitrogens with one attached hydrogen (secondary N) is 1. The molecule has 4 rings (SSSR count). The van der Waals surface area contributed by atoms with Gasteiger partial charge in [-0.15, -0.1) is 0 Å². The predicted octanol–water partition coefficient (Wildman–Crippen LogP) is 3.63. The van der Waals surface area contributed by atoms with Crippen molar-refractivity contribution in [3.8, 4) is 0 Å². The molecule has 1 saturated heterocycles. The first-order valence-corrected chi connectivity index (χ1v) is 9.98. The number of aromatic nitrogens is 1. The van der Waals surface area contributed by atoms with Gasteiger partial charge in [-0.25, -0.2) is 4.98 Å². The van der Waals surface area contributed by atoms with Gasteiger partial charge in [-0.05, 0) is 29.7 Å². The van der Waals surface area contributed by atoms with E-state index >= 15 is 0 Å². The Morgan fingerprint density at radius 3 is 2.31 bits per heavy atom. The second kappa shape index (κ2) is 9.34. The highest BCUT2D eigenvalue weighted by atomic mass is 16.5. The summed E-state index contributed by atoms with van der Waals surface area (Å²) in [5.74, 6) is 0.768. The van der Waals surface area contributed by atoms with E-state index in [9.17, 15) is 4.79 Å². The van der Waals surface area contributed by atoms with E-state index < -0.39 is 0 Å². The smallest absolute Gasteiger partial charge is 0.253 e. The standard InChI is InChI=1S/C24H25N3O2/c28-24(21-11-12-23(25-18-21)27-13-15-29-16-14-27)26-22(20-9-5-2-6-10-20)17-19-7-3-1-4-8-19/h1-12,18,22H,13-17H2,(H,26,28)/t22-/m1/s1. The third-order valence-corrected chi connectivity index (χ3v) is 5.14. The first kappa shape index (κ1) is 19.2. The Hall–Kier alpha value is -3.18. The summed E-state index contributed by atoms with van der Waals surface area (Å²) in [4.78, 5) is 19.6. The Morgan fingerprint density at radius 2 is 1.66 bits per heavy atom. The van der Waals surface area contributed by atoms with E-state index in [1.807, 2.05) is 60.7 Å². The highest BCUT2D eigenvalue weighted by molar-refractivity contribution is 5.94. The van der Waals surface area contributed by atoms with E-state index in [2.05, 4.69) is 27.3 Å². The average molecular weight is 387 g/mol. The summed E-state index contributed by atoms with van der Waals surface area (Å²) in [5, 5.41) is 3.18. The molecule has 1 amide bonds. The predicted molar refractivity (Wildman–Crippen MR) is 114 cm³/mol. The number of benzene rings is 2. The number of nitrogens with zero attached hydrogens (tertiary/aromatic N) is 2. The third-order valence-electron chi connectivity index (χ3n) is 5.14. The van der Waals surface area contributed by atoms with E-state index in [0.717, 1.165) is 30.9 Å². The number of morpholine rings is 1. The van der Waals surface area contributed by atoms with Crippen LogP contribution in [-0.2, 0) is 11.2 Å². The molecule has 0 radical (unpaired) electrons. The maximum Gasteiger partial charge on any atom is 0.253 e. The molecule has 0 aliphatic carbocycles. The number of carbonyl (C=O) groups is 1. The Morgan fingerprint density at radius 1 is 0.966 bits per heavy atom. The highest BCUT2D eigenvalue weighted by Crippen LogP contribution is 2.20. The second-order valence-electron chi connectivity index (χ2n) is 7.13. The summed E-state index contributed by atoms with van der Waals surface area (Å²) in [6.45, 7) is 3.07. The minimum Gasteiger partial charge on any atom is -0.378 e. The molecule has 0 saturated carbocycles. The molecule has 1 aromatic heterocycles. The molecule has 1 N–H and O–H groups in total. The first-order valence-electron chi connectivity index (χ1n) is 9.98. The van der Waals surface area contributed by atoms with Crippen LogP contribution in [0.3, 0.4) is 0 Å². The minimum atomic E-state index is -0.115. The lowest BCUT2D eigenvalue weighted by atomic mass is 9.98. The van der Waals surface area contributed by atoms with Crippen molar-refractivity contribution in [2.45, 2.75) is 12.5 Å². The molecular formula is C24H25N3O2. The number of hydrogen-bond donors (Lipinski definition) is 1. The van der Waals surface area contributed by atoms with Crippen molar-refractivity contribution in [1.29, 1.82) is 0 Å². The van der Waals surface area contributed by atoms with Gasteiger partial charge in [0.2, 0.25) is 0 Å². The number of anilines is 1.